The van der Waals surface area contributed by atoms with Crippen molar-refractivity contribution in [1.29, 1.82) is 0 Å². The Labute approximate surface area is 257 Å². The van der Waals surface area contributed by atoms with Gasteiger partial charge in [0.25, 0.3) is 0 Å². The molecule has 0 fully saturated rings. The number of benzene rings is 3. The Bertz CT molecular complexity index is 1850. The summed E-state index contributed by atoms with van der Waals surface area (Å²) in [6.07, 6.45) is 4.08. The predicted octanol–water partition coefficient (Wildman–Crippen LogP) is 4.64. The zero-order chi connectivity index (χ0) is 31.1. The van der Waals surface area contributed by atoms with Gasteiger partial charge in [-0.25, -0.2) is 8.42 Å². The van der Waals surface area contributed by atoms with E-state index in [2.05, 4.69) is 9.97 Å². The van der Waals surface area contributed by atoms with E-state index >= 15 is 0 Å². The van der Waals surface area contributed by atoms with Crippen LogP contribution in [0.25, 0.3) is 21.8 Å². The zero-order valence-corrected chi connectivity index (χ0v) is 25.8. The molecule has 1 amide bonds. The monoisotopic (exact) mass is 616 g/mol. The normalized spacial score (nSPS) is 11.7. The van der Waals surface area contributed by atoms with E-state index in [1.54, 1.807) is 43.5 Å². The third-order valence-corrected chi connectivity index (χ3v) is 9.45. The Balaban J connectivity index is 1.45. The number of amides is 1. The second-order valence-corrected chi connectivity index (χ2v) is 12.2. The summed E-state index contributed by atoms with van der Waals surface area (Å²) in [6, 6.07) is 22.0. The Kier molecular flexibility index (Phi) is 9.78. The van der Waals surface area contributed by atoms with Crippen LogP contribution < -0.4 is 9.47 Å². The van der Waals surface area contributed by atoms with Crippen molar-refractivity contribution >= 4 is 37.7 Å². The Hall–Kier alpha value is -4.45. The third-order valence-electron chi connectivity index (χ3n) is 7.57. The lowest BCUT2D eigenvalue weighted by Crippen LogP contribution is -2.44. The number of methoxy groups -OCH3 is 3. The highest BCUT2D eigenvalue weighted by molar-refractivity contribution is 7.89. The molecule has 3 aromatic carbocycles. The smallest absolute Gasteiger partial charge is 0.245 e. The first-order valence-electron chi connectivity index (χ1n) is 14.2. The number of aromatic amines is 1. The van der Waals surface area contributed by atoms with Crippen LogP contribution >= 0.6 is 0 Å². The highest BCUT2D eigenvalue weighted by atomic mass is 32.2. The van der Waals surface area contributed by atoms with Gasteiger partial charge in [-0.3, -0.25) is 9.78 Å². The van der Waals surface area contributed by atoms with Gasteiger partial charge in [-0.05, 0) is 47.9 Å². The number of carbonyl (C=O) groups is 1. The van der Waals surface area contributed by atoms with Crippen molar-refractivity contribution in [3.05, 3.63) is 96.3 Å². The molecule has 0 aliphatic rings. The number of pyridine rings is 1. The van der Waals surface area contributed by atoms with Crippen LogP contribution in [0.4, 0.5) is 0 Å². The molecule has 0 unspecified atom stereocenters. The topological polar surface area (TPSA) is 114 Å². The van der Waals surface area contributed by atoms with Crippen molar-refractivity contribution in [3.8, 4) is 11.5 Å². The molecule has 1 N–H and O–H groups in total. The fourth-order valence-electron chi connectivity index (χ4n) is 5.24. The van der Waals surface area contributed by atoms with Crippen LogP contribution in [0.5, 0.6) is 11.5 Å². The maximum absolute atomic E-state index is 14.1. The van der Waals surface area contributed by atoms with Crippen LogP contribution in [0.2, 0.25) is 0 Å². The lowest BCUT2D eigenvalue weighted by Gasteiger charge is -2.28. The molecular formula is C33H36N4O6S. The number of fused-ring (bicyclic) bond motifs is 2. The van der Waals surface area contributed by atoms with Crippen molar-refractivity contribution in [3.63, 3.8) is 0 Å². The molecule has 11 heteroatoms. The van der Waals surface area contributed by atoms with Crippen molar-refractivity contribution < 1.29 is 27.4 Å². The van der Waals surface area contributed by atoms with Gasteiger partial charge in [0.1, 0.15) is 4.90 Å². The van der Waals surface area contributed by atoms with E-state index in [0.717, 1.165) is 22.0 Å². The lowest BCUT2D eigenvalue weighted by atomic mass is 10.1. The van der Waals surface area contributed by atoms with Gasteiger partial charge in [0.05, 0.1) is 32.9 Å². The first kappa shape index (κ1) is 31.0. The van der Waals surface area contributed by atoms with E-state index in [0.29, 0.717) is 35.4 Å². The van der Waals surface area contributed by atoms with Gasteiger partial charge in [-0.2, -0.15) is 4.31 Å². The minimum atomic E-state index is -4.11. The number of hydrogen-bond donors (Lipinski definition) is 1. The van der Waals surface area contributed by atoms with E-state index in [1.165, 1.54) is 17.5 Å². The second-order valence-electron chi connectivity index (χ2n) is 10.3. The van der Waals surface area contributed by atoms with E-state index in [4.69, 9.17) is 14.2 Å². The number of aromatic nitrogens is 2. The van der Waals surface area contributed by atoms with Crippen LogP contribution in [0, 0.1) is 0 Å². The average molecular weight is 617 g/mol. The lowest BCUT2D eigenvalue weighted by molar-refractivity contribution is -0.132. The largest absolute Gasteiger partial charge is 0.493 e. The summed E-state index contributed by atoms with van der Waals surface area (Å²) >= 11 is 0. The summed E-state index contributed by atoms with van der Waals surface area (Å²) in [5.74, 6) is 0.780. The number of H-pyrrole nitrogens is 1. The molecule has 5 rings (SSSR count). The molecule has 0 radical (unpaired) electrons. The quantitative estimate of drug-likeness (QED) is 0.193. The van der Waals surface area contributed by atoms with Crippen molar-refractivity contribution in [1.82, 2.24) is 19.2 Å². The SMILES string of the molecule is COCCN(CC(=O)N(CCc1c[nH]c2ccccc12)Cc1ccc(OC)c(OC)c1)S(=O)(=O)c1cccc2cccnc12. The maximum Gasteiger partial charge on any atom is 0.245 e. The number of nitrogens with zero attached hydrogens (tertiary/aromatic N) is 3. The van der Waals surface area contributed by atoms with Gasteiger partial charge in [-0.1, -0.05) is 42.5 Å². The number of sulfonamides is 1. The first-order chi connectivity index (χ1) is 21.3. The molecule has 44 heavy (non-hydrogen) atoms. The number of hydrogen-bond acceptors (Lipinski definition) is 7. The highest BCUT2D eigenvalue weighted by Gasteiger charge is 2.30. The molecule has 0 saturated carbocycles. The van der Waals surface area contributed by atoms with Gasteiger partial charge in [-0.15, -0.1) is 0 Å². The summed E-state index contributed by atoms with van der Waals surface area (Å²) in [5, 5.41) is 1.78. The maximum atomic E-state index is 14.1. The standard InChI is InChI=1S/C33H36N4O6S/c1-41-19-18-37(44(39,40)31-12-6-8-25-9-7-16-34-33(25)31)23-32(38)36(22-24-13-14-29(42-2)30(20-24)43-3)17-15-26-21-35-28-11-5-4-10-27(26)28/h4-14,16,20-21,35H,15,17-19,22-23H2,1-3H3. The molecular weight excluding hydrogens is 580 g/mol. The molecule has 5 aromatic rings. The fraction of sp³-hybridized carbons (Fsp3) is 0.273. The highest BCUT2D eigenvalue weighted by Crippen LogP contribution is 2.29. The summed E-state index contributed by atoms with van der Waals surface area (Å²) in [7, 11) is 0.513. The number of para-hydroxylation sites is 2. The summed E-state index contributed by atoms with van der Waals surface area (Å²) in [4.78, 5) is 23.4. The van der Waals surface area contributed by atoms with Crippen LogP contribution in [0.15, 0.2) is 90.1 Å². The summed E-state index contributed by atoms with van der Waals surface area (Å²) in [5.41, 5.74) is 3.25. The fourth-order valence-corrected chi connectivity index (χ4v) is 6.78. The number of carbonyl (C=O) groups excluding carboxylic acids is 1. The number of rotatable bonds is 14. The minimum Gasteiger partial charge on any atom is -0.493 e. The van der Waals surface area contributed by atoms with Gasteiger partial charge in [0.15, 0.2) is 11.5 Å². The molecule has 0 atom stereocenters. The summed E-state index contributed by atoms with van der Waals surface area (Å²) < 4.78 is 45.4. The van der Waals surface area contributed by atoms with Crippen LogP contribution in [-0.2, 0) is 32.5 Å². The third kappa shape index (κ3) is 6.70. The van der Waals surface area contributed by atoms with Crippen LogP contribution in [0.3, 0.4) is 0 Å². The molecule has 0 aliphatic heterocycles. The molecule has 2 aromatic heterocycles. The molecule has 230 valence electrons. The van der Waals surface area contributed by atoms with Gasteiger partial charge in [0, 0.05) is 55.4 Å². The van der Waals surface area contributed by atoms with E-state index in [1.807, 2.05) is 54.7 Å². The van der Waals surface area contributed by atoms with Crippen molar-refractivity contribution in [2.75, 3.05) is 47.6 Å². The minimum absolute atomic E-state index is 0.000438. The molecule has 0 aliphatic carbocycles. The molecule has 0 bridgehead atoms. The van der Waals surface area contributed by atoms with Gasteiger partial charge in [0.2, 0.25) is 15.9 Å². The zero-order valence-electron chi connectivity index (χ0n) is 25.0. The van der Waals surface area contributed by atoms with Crippen molar-refractivity contribution in [2.24, 2.45) is 0 Å². The Morgan fingerprint density at radius 2 is 1.70 bits per heavy atom. The molecule has 0 saturated heterocycles. The van der Waals surface area contributed by atoms with E-state index < -0.39 is 10.0 Å². The second kappa shape index (κ2) is 13.9. The molecule has 2 heterocycles. The number of nitrogens with one attached hydrogen (secondary N) is 1. The van der Waals surface area contributed by atoms with E-state index in [-0.39, 0.29) is 37.0 Å². The van der Waals surface area contributed by atoms with Crippen molar-refractivity contribution in [2.45, 2.75) is 17.9 Å². The molecule has 0 spiro atoms. The predicted molar refractivity (Wildman–Crippen MR) is 169 cm³/mol. The first-order valence-corrected chi connectivity index (χ1v) is 15.7. The van der Waals surface area contributed by atoms with Gasteiger partial charge >= 0.3 is 0 Å². The summed E-state index contributed by atoms with van der Waals surface area (Å²) in [6.45, 7) is 0.366. The van der Waals surface area contributed by atoms with Crippen LogP contribution in [0.1, 0.15) is 11.1 Å². The average Bonchev–Trinajstić information content (AvgIpc) is 3.47. The molecule has 10 nitrogen and oxygen atoms in total. The Morgan fingerprint density at radius 3 is 2.50 bits per heavy atom. The van der Waals surface area contributed by atoms with Crippen LogP contribution in [-0.4, -0.2) is 81.1 Å². The number of ether oxygens (including phenoxy) is 3. The Morgan fingerprint density at radius 1 is 0.909 bits per heavy atom. The van der Waals surface area contributed by atoms with E-state index in [9.17, 15) is 13.2 Å². The van der Waals surface area contributed by atoms with Gasteiger partial charge < -0.3 is 24.1 Å².